The van der Waals surface area contributed by atoms with Crippen molar-refractivity contribution in [2.45, 2.75) is 6.92 Å². The van der Waals surface area contributed by atoms with E-state index in [2.05, 4.69) is 5.16 Å². The van der Waals surface area contributed by atoms with Gasteiger partial charge in [0.25, 0.3) is 0 Å². The van der Waals surface area contributed by atoms with Crippen LogP contribution in [0.5, 0.6) is 0 Å². The number of benzene rings is 1. The van der Waals surface area contributed by atoms with Crippen LogP contribution in [-0.4, -0.2) is 9.72 Å². The second-order valence-corrected chi connectivity index (χ2v) is 4.31. The van der Waals surface area contributed by atoms with Crippen molar-refractivity contribution in [1.82, 2.24) is 9.72 Å². The molecule has 0 unspecified atom stereocenters. The van der Waals surface area contributed by atoms with Crippen molar-refractivity contribution in [2.75, 3.05) is 5.73 Å². The van der Waals surface area contributed by atoms with Gasteiger partial charge in [-0.1, -0.05) is 5.16 Å². The van der Waals surface area contributed by atoms with Gasteiger partial charge in [-0.3, -0.25) is 0 Å². The molecule has 0 fully saturated rings. The molecule has 0 aliphatic heterocycles. The molecular formula is C13H12FN3O. The lowest BCUT2D eigenvalue weighted by Gasteiger charge is -2.03. The van der Waals surface area contributed by atoms with Crippen LogP contribution in [0.25, 0.3) is 22.2 Å². The average Bonchev–Trinajstić information content (AvgIpc) is 2.88. The first kappa shape index (κ1) is 10.8. The number of nitrogens with two attached hydrogens (primary N) is 1. The summed E-state index contributed by atoms with van der Waals surface area (Å²) in [5.41, 5.74) is 8.19. The van der Waals surface area contributed by atoms with Gasteiger partial charge in [0.05, 0.1) is 17.3 Å². The summed E-state index contributed by atoms with van der Waals surface area (Å²) in [6.07, 6.45) is 1.37. The second kappa shape index (κ2) is 3.60. The van der Waals surface area contributed by atoms with Crippen molar-refractivity contribution in [3.63, 3.8) is 0 Å². The predicted molar refractivity (Wildman–Crippen MR) is 67.5 cm³/mol. The lowest BCUT2D eigenvalue weighted by Crippen LogP contribution is -1.92. The molecule has 0 saturated heterocycles. The zero-order valence-electron chi connectivity index (χ0n) is 10.1. The summed E-state index contributed by atoms with van der Waals surface area (Å²) in [5.74, 6) is -0.0597. The number of aryl methyl sites for hydroxylation is 2. The number of hydrogen-bond donors (Lipinski definition) is 1. The minimum Gasteiger partial charge on any atom is -0.394 e. The van der Waals surface area contributed by atoms with Crippen LogP contribution >= 0.6 is 0 Å². The number of nitrogens with zero attached hydrogens (tertiary/aromatic N) is 2. The van der Waals surface area contributed by atoms with Gasteiger partial charge in [-0.2, -0.15) is 0 Å². The normalized spacial score (nSPS) is 11.3. The lowest BCUT2D eigenvalue weighted by molar-refractivity contribution is 0.430. The van der Waals surface area contributed by atoms with Gasteiger partial charge in [0.1, 0.15) is 11.5 Å². The summed E-state index contributed by atoms with van der Waals surface area (Å²) >= 11 is 0. The predicted octanol–water partition coefficient (Wildman–Crippen LogP) is 2.86. The van der Waals surface area contributed by atoms with Crippen LogP contribution in [0.2, 0.25) is 0 Å². The van der Waals surface area contributed by atoms with Crippen molar-refractivity contribution in [1.29, 1.82) is 0 Å². The molecule has 4 nitrogen and oxygen atoms in total. The fraction of sp³-hybridized carbons (Fsp3) is 0.154. The molecule has 2 heterocycles. The molecule has 3 aromatic rings. The van der Waals surface area contributed by atoms with Crippen molar-refractivity contribution in [2.24, 2.45) is 7.05 Å². The van der Waals surface area contributed by atoms with Gasteiger partial charge < -0.3 is 14.8 Å². The number of nitrogen functional groups attached to an aromatic ring is 1. The molecule has 0 saturated carbocycles. The van der Waals surface area contributed by atoms with Crippen LogP contribution in [-0.2, 0) is 7.05 Å². The van der Waals surface area contributed by atoms with Crippen LogP contribution in [0.3, 0.4) is 0 Å². The molecule has 3 rings (SSSR count). The first-order chi connectivity index (χ1) is 8.59. The van der Waals surface area contributed by atoms with E-state index < -0.39 is 0 Å². The Bertz CT molecular complexity index is 742. The van der Waals surface area contributed by atoms with E-state index in [0.717, 1.165) is 11.2 Å². The summed E-state index contributed by atoms with van der Waals surface area (Å²) < 4.78 is 21.4. The molecule has 2 aromatic heterocycles. The monoisotopic (exact) mass is 245 g/mol. The van der Waals surface area contributed by atoms with E-state index in [9.17, 15) is 4.39 Å². The molecule has 0 aliphatic rings. The Morgan fingerprint density at radius 2 is 2.17 bits per heavy atom. The Balaban J connectivity index is 2.34. The van der Waals surface area contributed by atoms with E-state index in [1.165, 1.54) is 6.20 Å². The fourth-order valence-electron chi connectivity index (χ4n) is 2.14. The molecular weight excluding hydrogens is 233 g/mol. The molecule has 18 heavy (non-hydrogen) atoms. The third-order valence-electron chi connectivity index (χ3n) is 3.24. The Kier molecular flexibility index (Phi) is 2.16. The van der Waals surface area contributed by atoms with Gasteiger partial charge in [0.2, 0.25) is 0 Å². The third-order valence-corrected chi connectivity index (χ3v) is 3.24. The van der Waals surface area contributed by atoms with E-state index in [-0.39, 0.29) is 11.6 Å². The number of fused-ring (bicyclic) bond motifs is 1. The van der Waals surface area contributed by atoms with Crippen LogP contribution in [0.1, 0.15) is 5.69 Å². The van der Waals surface area contributed by atoms with Gasteiger partial charge in [0, 0.05) is 18.1 Å². The smallest absolute Gasteiger partial charge is 0.192 e. The van der Waals surface area contributed by atoms with E-state index >= 15 is 0 Å². The number of halogens is 1. The highest BCUT2D eigenvalue weighted by molar-refractivity contribution is 5.88. The highest BCUT2D eigenvalue weighted by Crippen LogP contribution is 2.33. The molecule has 0 atom stereocenters. The Morgan fingerprint density at radius 1 is 1.39 bits per heavy atom. The molecule has 92 valence electrons. The zero-order chi connectivity index (χ0) is 12.9. The number of anilines is 1. The van der Waals surface area contributed by atoms with Crippen molar-refractivity contribution < 1.29 is 8.91 Å². The Labute approximate surface area is 103 Å². The van der Waals surface area contributed by atoms with E-state index in [0.29, 0.717) is 16.6 Å². The first-order valence-corrected chi connectivity index (χ1v) is 5.54. The van der Waals surface area contributed by atoms with Gasteiger partial charge in [0.15, 0.2) is 5.76 Å². The second-order valence-electron chi connectivity index (χ2n) is 4.31. The van der Waals surface area contributed by atoms with E-state index in [1.54, 1.807) is 12.1 Å². The van der Waals surface area contributed by atoms with Crippen LogP contribution in [0.15, 0.2) is 28.9 Å². The van der Waals surface area contributed by atoms with Crippen molar-refractivity contribution in [3.05, 3.63) is 35.9 Å². The topological polar surface area (TPSA) is 57.0 Å². The minimum atomic E-state index is -0.334. The summed E-state index contributed by atoms with van der Waals surface area (Å²) in [4.78, 5) is 0. The maximum absolute atomic E-state index is 14.4. The number of aromatic nitrogens is 2. The highest BCUT2D eigenvalue weighted by atomic mass is 19.1. The van der Waals surface area contributed by atoms with Gasteiger partial charge >= 0.3 is 0 Å². The van der Waals surface area contributed by atoms with E-state index in [4.69, 9.17) is 10.3 Å². The van der Waals surface area contributed by atoms with Crippen LogP contribution in [0.4, 0.5) is 10.1 Å². The average molecular weight is 245 g/mol. The molecule has 0 spiro atoms. The maximum Gasteiger partial charge on any atom is 0.192 e. The van der Waals surface area contributed by atoms with Gasteiger partial charge in [-0.05, 0) is 25.1 Å². The van der Waals surface area contributed by atoms with Gasteiger partial charge in [-0.15, -0.1) is 0 Å². The SMILES string of the molecule is Cc1cc2c(F)c(-c3oncc3N)ccc2n1C. The molecule has 5 heteroatoms. The quantitative estimate of drug-likeness (QED) is 0.717. The third kappa shape index (κ3) is 1.33. The summed E-state index contributed by atoms with van der Waals surface area (Å²) in [5, 5.41) is 4.13. The molecule has 0 aliphatic carbocycles. The van der Waals surface area contributed by atoms with E-state index in [1.807, 2.05) is 24.6 Å². The lowest BCUT2D eigenvalue weighted by atomic mass is 10.1. The molecule has 0 amide bonds. The van der Waals surface area contributed by atoms with Crippen LogP contribution in [0, 0.1) is 12.7 Å². The largest absolute Gasteiger partial charge is 0.394 e. The summed E-state index contributed by atoms with van der Waals surface area (Å²) in [6.45, 7) is 1.93. The zero-order valence-corrected chi connectivity index (χ0v) is 10.1. The summed E-state index contributed by atoms with van der Waals surface area (Å²) in [6, 6.07) is 5.32. The molecule has 2 N–H and O–H groups in total. The minimum absolute atomic E-state index is 0.274. The maximum atomic E-state index is 14.4. The van der Waals surface area contributed by atoms with Gasteiger partial charge in [-0.25, -0.2) is 4.39 Å². The molecule has 1 aromatic carbocycles. The summed E-state index contributed by atoms with van der Waals surface area (Å²) in [7, 11) is 1.90. The molecule has 0 bridgehead atoms. The standard InChI is InChI=1S/C13H12FN3O/c1-7-5-9-11(17(7)2)4-3-8(12(9)14)13-10(15)6-16-18-13/h3-6H,15H2,1-2H3. The molecule has 0 radical (unpaired) electrons. The number of hydrogen-bond acceptors (Lipinski definition) is 3. The number of rotatable bonds is 1. The first-order valence-electron chi connectivity index (χ1n) is 5.54. The van der Waals surface area contributed by atoms with Crippen molar-refractivity contribution >= 4 is 16.6 Å². The van der Waals surface area contributed by atoms with Crippen molar-refractivity contribution in [3.8, 4) is 11.3 Å². The fourth-order valence-corrected chi connectivity index (χ4v) is 2.14. The Morgan fingerprint density at radius 3 is 2.83 bits per heavy atom. The van der Waals surface area contributed by atoms with Crippen LogP contribution < -0.4 is 5.73 Å². The highest BCUT2D eigenvalue weighted by Gasteiger charge is 2.17. The Hall–Kier alpha value is -2.30.